The summed E-state index contributed by atoms with van der Waals surface area (Å²) in [5.74, 6) is -0.435. The Morgan fingerprint density at radius 2 is 2.00 bits per heavy atom. The second-order valence-corrected chi connectivity index (χ2v) is 4.29. The van der Waals surface area contributed by atoms with Crippen LogP contribution >= 0.6 is 15.9 Å². The summed E-state index contributed by atoms with van der Waals surface area (Å²) in [7, 11) is 0. The summed E-state index contributed by atoms with van der Waals surface area (Å²) in [6.45, 7) is 3.12. The maximum atomic E-state index is 11.2. The lowest BCUT2D eigenvalue weighted by molar-refractivity contribution is -0.119. The van der Waals surface area contributed by atoms with E-state index in [0.717, 1.165) is 5.56 Å². The lowest BCUT2D eigenvalue weighted by atomic mass is 10.1. The van der Waals surface area contributed by atoms with Gasteiger partial charge >= 0.3 is 0 Å². The Hall–Kier alpha value is -1.36. The molecule has 0 heterocycles. The van der Waals surface area contributed by atoms with E-state index in [9.17, 15) is 14.7 Å². The number of halogens is 1. The average molecular weight is 286 g/mol. The predicted octanol–water partition coefficient (Wildman–Crippen LogP) is 1.99. The predicted molar refractivity (Wildman–Crippen MR) is 63.3 cm³/mol. The Morgan fingerprint density at radius 3 is 2.50 bits per heavy atom. The van der Waals surface area contributed by atoms with Crippen LogP contribution in [-0.4, -0.2) is 16.8 Å². The zero-order valence-electron chi connectivity index (χ0n) is 9.00. The summed E-state index contributed by atoms with van der Waals surface area (Å²) in [4.78, 5) is 22.0. The largest absolute Gasteiger partial charge is 0.506 e. The normalized spacial score (nSPS) is 9.94. The molecule has 4 nitrogen and oxygen atoms in total. The number of phenolic OH excluding ortho intramolecular Hbond substituents is 1. The number of aromatic hydroxyl groups is 1. The van der Waals surface area contributed by atoms with Crippen molar-refractivity contribution >= 4 is 27.6 Å². The van der Waals surface area contributed by atoms with E-state index in [4.69, 9.17) is 0 Å². The van der Waals surface area contributed by atoms with E-state index in [1.54, 1.807) is 12.1 Å². The van der Waals surface area contributed by atoms with Gasteiger partial charge in [0.1, 0.15) is 5.75 Å². The van der Waals surface area contributed by atoms with E-state index >= 15 is 0 Å². The number of nitrogens with one attached hydrogen (secondary N) is 1. The van der Waals surface area contributed by atoms with Gasteiger partial charge in [-0.3, -0.25) is 9.59 Å². The highest BCUT2D eigenvalue weighted by atomic mass is 79.9. The van der Waals surface area contributed by atoms with Crippen molar-refractivity contribution < 1.29 is 14.7 Å². The number of carbonyl (C=O) groups excluding carboxylic acids is 2. The van der Waals surface area contributed by atoms with Gasteiger partial charge in [0.2, 0.25) is 5.91 Å². The Balaban J connectivity index is 3.04. The van der Waals surface area contributed by atoms with Crippen LogP contribution < -0.4 is 5.32 Å². The molecule has 2 N–H and O–H groups in total. The molecule has 0 saturated heterocycles. The van der Waals surface area contributed by atoms with Gasteiger partial charge in [-0.15, -0.1) is 0 Å². The maximum absolute atomic E-state index is 11.2. The molecule has 0 aliphatic carbocycles. The fraction of sp³-hybridized carbons (Fsp3) is 0.273. The van der Waals surface area contributed by atoms with Crippen LogP contribution in [0.15, 0.2) is 16.6 Å². The van der Waals surface area contributed by atoms with Gasteiger partial charge < -0.3 is 10.4 Å². The molecule has 1 rings (SSSR count). The van der Waals surface area contributed by atoms with Gasteiger partial charge in [0.15, 0.2) is 5.78 Å². The van der Waals surface area contributed by atoms with Crippen molar-refractivity contribution in [1.29, 1.82) is 0 Å². The Morgan fingerprint density at radius 1 is 1.38 bits per heavy atom. The highest BCUT2D eigenvalue weighted by Crippen LogP contribution is 2.29. The number of ketones is 1. The molecule has 0 aromatic heterocycles. The zero-order chi connectivity index (χ0) is 12.3. The molecule has 0 radical (unpaired) electrons. The van der Waals surface area contributed by atoms with Gasteiger partial charge in [-0.1, -0.05) is 0 Å². The molecular weight excluding hydrogens is 274 g/mol. The summed E-state index contributed by atoms with van der Waals surface area (Å²) < 4.78 is 0.445. The molecule has 0 fully saturated rings. The highest BCUT2D eigenvalue weighted by Gasteiger charge is 2.11. The van der Waals surface area contributed by atoms with Gasteiger partial charge in [-0.05, 0) is 40.5 Å². The van der Waals surface area contributed by atoms with Crippen molar-refractivity contribution in [3.8, 4) is 5.75 Å². The fourth-order valence-corrected chi connectivity index (χ4v) is 1.76. The topological polar surface area (TPSA) is 66.4 Å². The van der Waals surface area contributed by atoms with Crippen molar-refractivity contribution in [2.75, 3.05) is 0 Å². The van der Waals surface area contributed by atoms with Crippen molar-refractivity contribution in [3.63, 3.8) is 0 Å². The monoisotopic (exact) mass is 285 g/mol. The van der Waals surface area contributed by atoms with Crippen LogP contribution in [0.2, 0.25) is 0 Å². The lowest BCUT2D eigenvalue weighted by Gasteiger charge is -2.08. The van der Waals surface area contributed by atoms with Crippen LogP contribution in [0.4, 0.5) is 0 Å². The van der Waals surface area contributed by atoms with Crippen LogP contribution in [0, 0.1) is 0 Å². The van der Waals surface area contributed by atoms with E-state index in [-0.39, 0.29) is 23.0 Å². The van der Waals surface area contributed by atoms with Crippen molar-refractivity contribution in [2.45, 2.75) is 20.4 Å². The molecule has 0 spiro atoms. The third-order valence-electron chi connectivity index (χ3n) is 2.04. The molecule has 0 saturated carbocycles. The smallest absolute Gasteiger partial charge is 0.217 e. The number of Topliss-reactive ketones (excluding diaryl/α,β-unsaturated/α-hetero) is 1. The number of rotatable bonds is 3. The molecule has 5 heteroatoms. The van der Waals surface area contributed by atoms with E-state index in [1.165, 1.54) is 13.8 Å². The number of benzene rings is 1. The summed E-state index contributed by atoms with van der Waals surface area (Å²) >= 11 is 3.16. The Labute approximate surface area is 102 Å². The van der Waals surface area contributed by atoms with E-state index in [0.29, 0.717) is 11.0 Å². The molecule has 1 amide bonds. The second kappa shape index (κ2) is 5.12. The van der Waals surface area contributed by atoms with Crippen LogP contribution in [0.3, 0.4) is 0 Å². The lowest BCUT2D eigenvalue weighted by Crippen LogP contribution is -2.19. The summed E-state index contributed by atoms with van der Waals surface area (Å²) in [6, 6.07) is 3.23. The van der Waals surface area contributed by atoms with Crippen LogP contribution in [0.5, 0.6) is 5.75 Å². The van der Waals surface area contributed by atoms with Gasteiger partial charge in [0.25, 0.3) is 0 Å². The first-order valence-electron chi connectivity index (χ1n) is 4.68. The van der Waals surface area contributed by atoms with Gasteiger partial charge in [-0.2, -0.15) is 0 Å². The first-order chi connectivity index (χ1) is 7.41. The van der Waals surface area contributed by atoms with Crippen LogP contribution in [0.1, 0.15) is 29.8 Å². The quantitative estimate of drug-likeness (QED) is 0.835. The Kier molecular flexibility index (Phi) is 4.06. The minimum atomic E-state index is -0.220. The number of hydrogen-bond acceptors (Lipinski definition) is 3. The fourth-order valence-electron chi connectivity index (χ4n) is 1.25. The molecule has 0 aliphatic heterocycles. The van der Waals surface area contributed by atoms with E-state index < -0.39 is 0 Å². The molecule has 1 aromatic rings. The van der Waals surface area contributed by atoms with Crippen molar-refractivity contribution in [2.24, 2.45) is 0 Å². The van der Waals surface area contributed by atoms with Gasteiger partial charge in [0.05, 0.1) is 10.0 Å². The summed E-state index contributed by atoms with van der Waals surface area (Å²) in [6.07, 6.45) is 0. The number of carbonyl (C=O) groups is 2. The minimum absolute atomic E-state index is 0.0703. The molecule has 1 aromatic carbocycles. The first kappa shape index (κ1) is 12.7. The standard InChI is InChI=1S/C11H12BrNO3/c1-6(14)9-3-8(5-13-7(2)15)4-10(12)11(9)16/h3-4,16H,5H2,1-2H3,(H,13,15). The molecule has 16 heavy (non-hydrogen) atoms. The third kappa shape index (κ3) is 3.06. The molecule has 86 valence electrons. The van der Waals surface area contributed by atoms with Crippen LogP contribution in [0.25, 0.3) is 0 Å². The average Bonchev–Trinajstić information content (AvgIpc) is 2.19. The number of phenols is 1. The van der Waals surface area contributed by atoms with Crippen molar-refractivity contribution in [1.82, 2.24) is 5.32 Å². The molecule has 0 atom stereocenters. The summed E-state index contributed by atoms with van der Waals surface area (Å²) in [5, 5.41) is 12.2. The molecule has 0 bridgehead atoms. The van der Waals surface area contributed by atoms with Crippen LogP contribution in [-0.2, 0) is 11.3 Å². The van der Waals surface area contributed by atoms with E-state index in [2.05, 4.69) is 21.2 Å². The molecule has 0 aliphatic rings. The maximum Gasteiger partial charge on any atom is 0.217 e. The second-order valence-electron chi connectivity index (χ2n) is 3.44. The highest BCUT2D eigenvalue weighted by molar-refractivity contribution is 9.10. The molecule has 0 unspecified atom stereocenters. The zero-order valence-corrected chi connectivity index (χ0v) is 10.6. The van der Waals surface area contributed by atoms with E-state index in [1.807, 2.05) is 0 Å². The third-order valence-corrected chi connectivity index (χ3v) is 2.65. The van der Waals surface area contributed by atoms with Crippen molar-refractivity contribution in [3.05, 3.63) is 27.7 Å². The SMILES string of the molecule is CC(=O)NCc1cc(Br)c(O)c(C(C)=O)c1. The Bertz CT molecular complexity index is 443. The van der Waals surface area contributed by atoms with Gasteiger partial charge in [0, 0.05) is 13.5 Å². The minimum Gasteiger partial charge on any atom is -0.506 e. The summed E-state index contributed by atoms with van der Waals surface area (Å²) in [5.41, 5.74) is 1.000. The first-order valence-corrected chi connectivity index (χ1v) is 5.48. The number of amides is 1. The molecular formula is C11H12BrNO3. The number of hydrogen-bond donors (Lipinski definition) is 2. The van der Waals surface area contributed by atoms with Gasteiger partial charge in [-0.25, -0.2) is 0 Å².